The van der Waals surface area contributed by atoms with E-state index in [2.05, 4.69) is 0 Å². The molecule has 0 saturated heterocycles. The van der Waals surface area contributed by atoms with Gasteiger partial charge in [0.1, 0.15) is 5.83 Å². The lowest BCUT2D eigenvalue weighted by molar-refractivity contribution is -0.137. The Morgan fingerprint density at radius 3 is 2.73 bits per heavy atom. The lowest BCUT2D eigenvalue weighted by Gasteiger charge is -1.91. The Balaban J connectivity index is 3.33. The molecule has 0 fully saturated rings. The molecule has 3 N–H and O–H groups in total. The van der Waals surface area contributed by atoms with Crippen molar-refractivity contribution >= 4 is 5.97 Å². The molecule has 0 aromatic heterocycles. The van der Waals surface area contributed by atoms with Gasteiger partial charge in [0.25, 0.3) is 0 Å². The van der Waals surface area contributed by atoms with Gasteiger partial charge in [-0.15, -0.1) is 0 Å². The van der Waals surface area contributed by atoms with Crippen molar-refractivity contribution in [3.05, 3.63) is 11.9 Å². The van der Waals surface area contributed by atoms with Gasteiger partial charge in [0.15, 0.2) is 0 Å². The third-order valence-electron chi connectivity index (χ3n) is 1.16. The molecule has 0 amide bonds. The van der Waals surface area contributed by atoms with Crippen LogP contribution in [0.15, 0.2) is 11.9 Å². The van der Waals surface area contributed by atoms with Crippen molar-refractivity contribution < 1.29 is 14.3 Å². The van der Waals surface area contributed by atoms with Crippen LogP contribution >= 0.6 is 0 Å². The molecular weight excluding hydrogens is 149 g/mol. The van der Waals surface area contributed by atoms with Crippen LogP contribution in [0.1, 0.15) is 19.3 Å². The number of rotatable bonds is 5. The molecule has 0 heterocycles. The number of hydrogen-bond donors (Lipinski definition) is 2. The fraction of sp³-hybridized carbons (Fsp3) is 0.571. The minimum atomic E-state index is -0.855. The summed E-state index contributed by atoms with van der Waals surface area (Å²) in [7, 11) is 0. The lowest BCUT2D eigenvalue weighted by Crippen LogP contribution is -1.98. The van der Waals surface area contributed by atoms with Gasteiger partial charge in [-0.2, -0.15) is 0 Å². The van der Waals surface area contributed by atoms with Crippen molar-refractivity contribution in [1.82, 2.24) is 0 Å². The number of hydrogen-bond acceptors (Lipinski definition) is 2. The van der Waals surface area contributed by atoms with Gasteiger partial charge in [0.05, 0.1) is 0 Å². The average molecular weight is 161 g/mol. The van der Waals surface area contributed by atoms with Crippen LogP contribution in [0.2, 0.25) is 0 Å². The third kappa shape index (κ3) is 6.99. The van der Waals surface area contributed by atoms with Gasteiger partial charge in [-0.1, -0.05) is 6.08 Å². The first-order valence-electron chi connectivity index (χ1n) is 3.43. The first-order chi connectivity index (χ1) is 5.16. The minimum absolute atomic E-state index is 0.0777. The summed E-state index contributed by atoms with van der Waals surface area (Å²) in [5.74, 6) is -1.23. The standard InChI is InChI=1S/C7H12FNO2/c8-6(5-9)3-1-2-4-7(10)11/h3H,1-2,4-5,9H2,(H,10,11)/b6-3-. The molecule has 0 unspecified atom stereocenters. The Labute approximate surface area is 64.7 Å². The molecule has 0 aliphatic rings. The van der Waals surface area contributed by atoms with Gasteiger partial charge in [0, 0.05) is 13.0 Å². The highest BCUT2D eigenvalue weighted by atomic mass is 19.1. The summed E-state index contributed by atoms with van der Waals surface area (Å²) in [6.07, 6.45) is 2.30. The number of halogens is 1. The van der Waals surface area contributed by atoms with E-state index in [0.717, 1.165) is 0 Å². The molecule has 3 nitrogen and oxygen atoms in total. The van der Waals surface area contributed by atoms with E-state index >= 15 is 0 Å². The molecule has 4 heteroatoms. The fourth-order valence-corrected chi connectivity index (χ4v) is 0.595. The number of nitrogens with two attached hydrogens (primary N) is 1. The molecule has 0 atom stereocenters. The molecule has 0 bridgehead atoms. The fourth-order valence-electron chi connectivity index (χ4n) is 0.595. The van der Waals surface area contributed by atoms with E-state index in [1.165, 1.54) is 6.08 Å². The minimum Gasteiger partial charge on any atom is -0.481 e. The number of aliphatic carboxylic acids is 1. The van der Waals surface area contributed by atoms with Crippen molar-refractivity contribution in [1.29, 1.82) is 0 Å². The quantitative estimate of drug-likeness (QED) is 0.592. The van der Waals surface area contributed by atoms with Gasteiger partial charge in [-0.05, 0) is 12.8 Å². The predicted octanol–water partition coefficient (Wildman–Crippen LogP) is 1.05. The summed E-state index contributed by atoms with van der Waals surface area (Å²) < 4.78 is 12.2. The molecule has 0 aromatic rings. The van der Waals surface area contributed by atoms with E-state index in [1.807, 2.05) is 0 Å². The Morgan fingerprint density at radius 2 is 2.27 bits per heavy atom. The molecular formula is C7H12FNO2. The summed E-state index contributed by atoms with van der Waals surface area (Å²) >= 11 is 0. The van der Waals surface area contributed by atoms with Crippen molar-refractivity contribution in [2.45, 2.75) is 19.3 Å². The zero-order valence-corrected chi connectivity index (χ0v) is 6.22. The van der Waals surface area contributed by atoms with Crippen LogP contribution in [0.3, 0.4) is 0 Å². The van der Waals surface area contributed by atoms with E-state index in [4.69, 9.17) is 10.8 Å². The maximum atomic E-state index is 12.2. The molecule has 0 aliphatic heterocycles. The molecule has 0 saturated carbocycles. The van der Waals surface area contributed by atoms with Crippen LogP contribution in [0.25, 0.3) is 0 Å². The Morgan fingerprint density at radius 1 is 1.64 bits per heavy atom. The molecule has 64 valence electrons. The van der Waals surface area contributed by atoms with E-state index < -0.39 is 5.97 Å². The number of carboxylic acid groups (broad SMARTS) is 1. The molecule has 0 spiro atoms. The summed E-state index contributed by atoms with van der Waals surface area (Å²) in [5, 5.41) is 8.20. The van der Waals surface area contributed by atoms with Crippen LogP contribution in [-0.2, 0) is 4.79 Å². The third-order valence-corrected chi connectivity index (χ3v) is 1.16. The highest BCUT2D eigenvalue weighted by Crippen LogP contribution is 2.01. The summed E-state index contributed by atoms with van der Waals surface area (Å²) in [4.78, 5) is 9.97. The largest absolute Gasteiger partial charge is 0.481 e. The smallest absolute Gasteiger partial charge is 0.303 e. The molecule has 11 heavy (non-hydrogen) atoms. The zero-order chi connectivity index (χ0) is 8.69. The Bertz CT molecular complexity index is 157. The van der Waals surface area contributed by atoms with Crippen molar-refractivity contribution in [3.63, 3.8) is 0 Å². The van der Waals surface area contributed by atoms with Gasteiger partial charge >= 0.3 is 5.97 Å². The molecule has 0 radical (unpaired) electrons. The lowest BCUT2D eigenvalue weighted by atomic mass is 10.2. The molecule has 0 aliphatic carbocycles. The van der Waals surface area contributed by atoms with Gasteiger partial charge in [-0.25, -0.2) is 4.39 Å². The number of unbranched alkanes of at least 4 members (excludes halogenated alkanes) is 1. The number of allylic oxidation sites excluding steroid dienone is 1. The first-order valence-corrected chi connectivity index (χ1v) is 3.43. The van der Waals surface area contributed by atoms with Crippen molar-refractivity contribution in [2.24, 2.45) is 5.73 Å². The number of carboxylic acids is 1. The van der Waals surface area contributed by atoms with Crippen LogP contribution in [0.5, 0.6) is 0 Å². The normalized spacial score (nSPS) is 11.6. The summed E-state index contributed by atoms with van der Waals surface area (Å²) in [6, 6.07) is 0. The topological polar surface area (TPSA) is 63.3 Å². The highest BCUT2D eigenvalue weighted by molar-refractivity contribution is 5.66. The van der Waals surface area contributed by atoms with Crippen molar-refractivity contribution in [3.8, 4) is 0 Å². The SMILES string of the molecule is NC/C(F)=C/CCCC(=O)O. The van der Waals surface area contributed by atoms with Gasteiger partial charge in [0.2, 0.25) is 0 Å². The second-order valence-corrected chi connectivity index (χ2v) is 2.14. The van der Waals surface area contributed by atoms with E-state index in [9.17, 15) is 9.18 Å². The Kier molecular flexibility index (Phi) is 5.37. The average Bonchev–Trinajstić information content (AvgIpc) is 1.97. The molecule has 0 rings (SSSR count). The highest BCUT2D eigenvalue weighted by Gasteiger charge is 1.95. The maximum absolute atomic E-state index is 12.2. The van der Waals surface area contributed by atoms with Crippen LogP contribution in [0, 0.1) is 0 Å². The summed E-state index contributed by atoms with van der Waals surface area (Å²) in [5.41, 5.74) is 4.95. The summed E-state index contributed by atoms with van der Waals surface area (Å²) in [6.45, 7) is -0.104. The first kappa shape index (κ1) is 10.1. The van der Waals surface area contributed by atoms with Gasteiger partial charge < -0.3 is 10.8 Å². The maximum Gasteiger partial charge on any atom is 0.303 e. The monoisotopic (exact) mass is 161 g/mol. The molecule has 0 aromatic carbocycles. The Hall–Kier alpha value is -0.900. The van der Waals surface area contributed by atoms with Crippen LogP contribution < -0.4 is 5.73 Å². The van der Waals surface area contributed by atoms with Crippen molar-refractivity contribution in [2.75, 3.05) is 6.54 Å². The van der Waals surface area contributed by atoms with Crippen LogP contribution in [0.4, 0.5) is 4.39 Å². The van der Waals surface area contributed by atoms with Gasteiger partial charge in [-0.3, -0.25) is 4.79 Å². The van der Waals surface area contributed by atoms with E-state index in [1.54, 1.807) is 0 Å². The zero-order valence-electron chi connectivity index (χ0n) is 6.22. The predicted molar refractivity (Wildman–Crippen MR) is 39.7 cm³/mol. The van der Waals surface area contributed by atoms with Crippen LogP contribution in [-0.4, -0.2) is 17.6 Å². The number of carbonyl (C=O) groups is 1. The van der Waals surface area contributed by atoms with E-state index in [0.29, 0.717) is 12.8 Å². The second kappa shape index (κ2) is 5.85. The van der Waals surface area contributed by atoms with E-state index in [-0.39, 0.29) is 18.8 Å². The second-order valence-electron chi connectivity index (χ2n) is 2.14.